The first-order valence-electron chi connectivity index (χ1n) is 5.92. The highest BCUT2D eigenvalue weighted by Crippen LogP contribution is 2.30. The molecule has 17 heavy (non-hydrogen) atoms. The second kappa shape index (κ2) is 5.50. The minimum absolute atomic E-state index is 0.393. The van der Waals surface area contributed by atoms with Crippen LogP contribution in [0.4, 0.5) is 0 Å². The van der Waals surface area contributed by atoms with Crippen LogP contribution in [0.1, 0.15) is 27.1 Å². The molecule has 0 nitrogen and oxygen atoms in total. The van der Waals surface area contributed by atoms with Crippen molar-refractivity contribution in [3.8, 4) is 0 Å². The smallest absolute Gasteiger partial charge is 0.0438 e. The third-order valence-corrected chi connectivity index (χ3v) is 3.85. The zero-order valence-electron chi connectivity index (χ0n) is 10.3. The monoisotopic (exact) mass is 288 g/mol. The molecule has 0 radical (unpaired) electrons. The second-order valence-corrected chi connectivity index (χ2v) is 5.62. The van der Waals surface area contributed by atoms with Crippen LogP contribution in [-0.2, 0) is 6.42 Å². The maximum Gasteiger partial charge on any atom is 0.0438 e. The molecule has 0 spiro atoms. The summed E-state index contributed by atoms with van der Waals surface area (Å²) in [5.74, 6) is 0. The van der Waals surface area contributed by atoms with Gasteiger partial charge in [0.2, 0.25) is 0 Å². The lowest BCUT2D eigenvalue weighted by Crippen LogP contribution is -1.98. The average molecular weight is 289 g/mol. The Morgan fingerprint density at radius 1 is 1.00 bits per heavy atom. The Morgan fingerprint density at radius 3 is 2.41 bits per heavy atom. The highest BCUT2D eigenvalue weighted by Gasteiger charge is 2.11. The number of rotatable bonds is 3. The molecular formula is C16H17Br. The van der Waals surface area contributed by atoms with Crippen LogP contribution in [0.25, 0.3) is 0 Å². The molecule has 2 rings (SSSR count). The third-order valence-electron chi connectivity index (χ3n) is 3.03. The van der Waals surface area contributed by atoms with Gasteiger partial charge in [0.15, 0.2) is 0 Å². The Morgan fingerprint density at radius 2 is 1.71 bits per heavy atom. The van der Waals surface area contributed by atoms with E-state index < -0.39 is 0 Å². The quantitative estimate of drug-likeness (QED) is 0.699. The summed E-state index contributed by atoms with van der Waals surface area (Å²) in [7, 11) is 0. The lowest BCUT2D eigenvalue weighted by molar-refractivity contribution is 0.936. The van der Waals surface area contributed by atoms with Gasteiger partial charge in [0.1, 0.15) is 0 Å². The summed E-state index contributed by atoms with van der Waals surface area (Å²) in [4.78, 5) is 0.393. The van der Waals surface area contributed by atoms with Crippen molar-refractivity contribution in [3.63, 3.8) is 0 Å². The molecule has 0 N–H and O–H groups in total. The molecule has 1 unspecified atom stereocenters. The van der Waals surface area contributed by atoms with Gasteiger partial charge in [0.25, 0.3) is 0 Å². The lowest BCUT2D eigenvalue weighted by Gasteiger charge is -2.14. The molecule has 0 aliphatic heterocycles. The van der Waals surface area contributed by atoms with Crippen molar-refractivity contribution in [1.29, 1.82) is 0 Å². The summed E-state index contributed by atoms with van der Waals surface area (Å²) in [6, 6.07) is 17.3. The van der Waals surface area contributed by atoms with Crippen LogP contribution >= 0.6 is 15.9 Å². The van der Waals surface area contributed by atoms with Crippen LogP contribution < -0.4 is 0 Å². The first-order valence-corrected chi connectivity index (χ1v) is 6.83. The standard InChI is InChI=1S/C16H17Br/c1-12-8-9-13(2)15(10-12)16(17)11-14-6-4-3-5-7-14/h3-10,16H,11H2,1-2H3. The van der Waals surface area contributed by atoms with Crippen molar-refractivity contribution < 1.29 is 0 Å². The first kappa shape index (κ1) is 12.4. The van der Waals surface area contributed by atoms with Crippen LogP contribution in [-0.4, -0.2) is 0 Å². The molecule has 1 atom stereocenters. The summed E-state index contributed by atoms with van der Waals surface area (Å²) in [5, 5.41) is 0. The van der Waals surface area contributed by atoms with Gasteiger partial charge in [-0.2, -0.15) is 0 Å². The average Bonchev–Trinajstić information content (AvgIpc) is 2.33. The second-order valence-electron chi connectivity index (χ2n) is 4.52. The Bertz CT molecular complexity index is 488. The molecule has 2 aromatic rings. The highest BCUT2D eigenvalue weighted by molar-refractivity contribution is 9.09. The fraction of sp³-hybridized carbons (Fsp3) is 0.250. The number of hydrogen-bond donors (Lipinski definition) is 0. The fourth-order valence-corrected chi connectivity index (χ4v) is 2.90. The molecule has 0 aliphatic rings. The minimum Gasteiger partial charge on any atom is -0.0835 e. The van der Waals surface area contributed by atoms with Crippen molar-refractivity contribution in [3.05, 3.63) is 70.8 Å². The van der Waals surface area contributed by atoms with Gasteiger partial charge in [-0.1, -0.05) is 70.0 Å². The summed E-state index contributed by atoms with van der Waals surface area (Å²) in [6.45, 7) is 4.32. The molecule has 0 saturated heterocycles. The molecule has 0 aromatic heterocycles. The number of benzene rings is 2. The van der Waals surface area contributed by atoms with E-state index in [1.54, 1.807) is 0 Å². The Hall–Kier alpha value is -1.08. The zero-order valence-corrected chi connectivity index (χ0v) is 11.9. The van der Waals surface area contributed by atoms with Crippen molar-refractivity contribution in [2.24, 2.45) is 0 Å². The van der Waals surface area contributed by atoms with Crippen LogP contribution in [0.15, 0.2) is 48.5 Å². The molecule has 0 bridgehead atoms. The van der Waals surface area contributed by atoms with Gasteiger partial charge in [-0.05, 0) is 37.0 Å². The molecule has 0 aliphatic carbocycles. The summed E-state index contributed by atoms with van der Waals surface area (Å²) in [5.41, 5.74) is 5.45. The van der Waals surface area contributed by atoms with Crippen LogP contribution in [0.3, 0.4) is 0 Å². The van der Waals surface area contributed by atoms with Gasteiger partial charge in [-0.3, -0.25) is 0 Å². The topological polar surface area (TPSA) is 0 Å². The van der Waals surface area contributed by atoms with Crippen molar-refractivity contribution in [1.82, 2.24) is 0 Å². The van der Waals surface area contributed by atoms with Gasteiger partial charge < -0.3 is 0 Å². The van der Waals surface area contributed by atoms with Crippen molar-refractivity contribution in [2.75, 3.05) is 0 Å². The minimum atomic E-state index is 0.393. The number of halogens is 1. The fourth-order valence-electron chi connectivity index (χ4n) is 2.03. The van der Waals surface area contributed by atoms with E-state index in [1.807, 2.05) is 0 Å². The largest absolute Gasteiger partial charge is 0.0835 e. The summed E-state index contributed by atoms with van der Waals surface area (Å²) >= 11 is 3.81. The normalized spacial score (nSPS) is 12.4. The predicted octanol–water partition coefficient (Wildman–Crippen LogP) is 4.98. The van der Waals surface area contributed by atoms with Gasteiger partial charge in [0, 0.05) is 4.83 Å². The number of aryl methyl sites for hydroxylation is 2. The molecule has 2 aromatic carbocycles. The molecule has 0 heterocycles. The van der Waals surface area contributed by atoms with Gasteiger partial charge >= 0.3 is 0 Å². The molecule has 0 amide bonds. The van der Waals surface area contributed by atoms with E-state index in [4.69, 9.17) is 0 Å². The number of hydrogen-bond acceptors (Lipinski definition) is 0. The molecule has 1 heteroatoms. The SMILES string of the molecule is Cc1ccc(C)c(C(Br)Cc2ccccc2)c1. The van der Waals surface area contributed by atoms with Gasteiger partial charge in [-0.15, -0.1) is 0 Å². The van der Waals surface area contributed by atoms with E-state index in [-0.39, 0.29) is 0 Å². The first-order chi connectivity index (χ1) is 8.16. The van der Waals surface area contributed by atoms with E-state index in [0.29, 0.717) is 4.83 Å². The number of alkyl halides is 1. The molecule has 88 valence electrons. The van der Waals surface area contributed by atoms with Gasteiger partial charge in [0.05, 0.1) is 0 Å². The maximum absolute atomic E-state index is 3.81. The van der Waals surface area contributed by atoms with Crippen LogP contribution in [0, 0.1) is 13.8 Å². The summed E-state index contributed by atoms with van der Waals surface area (Å²) < 4.78 is 0. The van der Waals surface area contributed by atoms with E-state index >= 15 is 0 Å². The lowest BCUT2D eigenvalue weighted by atomic mass is 9.99. The van der Waals surface area contributed by atoms with Crippen LogP contribution in [0.5, 0.6) is 0 Å². The Kier molecular flexibility index (Phi) is 4.01. The van der Waals surface area contributed by atoms with E-state index in [2.05, 4.69) is 78.3 Å². The summed E-state index contributed by atoms with van der Waals surface area (Å²) in [6.07, 6.45) is 1.03. The Labute approximate surface area is 112 Å². The molecular weight excluding hydrogens is 272 g/mol. The van der Waals surface area contributed by atoms with Crippen LogP contribution in [0.2, 0.25) is 0 Å². The predicted molar refractivity (Wildman–Crippen MR) is 77.7 cm³/mol. The van der Waals surface area contributed by atoms with E-state index in [9.17, 15) is 0 Å². The van der Waals surface area contributed by atoms with Crippen molar-refractivity contribution in [2.45, 2.75) is 25.1 Å². The molecule has 0 fully saturated rings. The highest BCUT2D eigenvalue weighted by atomic mass is 79.9. The zero-order chi connectivity index (χ0) is 12.3. The van der Waals surface area contributed by atoms with Gasteiger partial charge in [-0.25, -0.2) is 0 Å². The molecule has 0 saturated carbocycles. The van der Waals surface area contributed by atoms with E-state index in [1.165, 1.54) is 22.3 Å². The van der Waals surface area contributed by atoms with Crippen molar-refractivity contribution >= 4 is 15.9 Å². The van der Waals surface area contributed by atoms with E-state index in [0.717, 1.165) is 6.42 Å². The Balaban J connectivity index is 2.20. The third kappa shape index (κ3) is 3.19. The maximum atomic E-state index is 3.81.